The van der Waals surface area contributed by atoms with E-state index in [-0.39, 0.29) is 11.9 Å². The van der Waals surface area contributed by atoms with Gasteiger partial charge in [-0.2, -0.15) is 0 Å². The van der Waals surface area contributed by atoms with Gasteiger partial charge < -0.3 is 10.5 Å². The smallest absolute Gasteiger partial charge is 0.342 e. The zero-order valence-electron chi connectivity index (χ0n) is 11.6. The van der Waals surface area contributed by atoms with E-state index < -0.39 is 5.97 Å². The van der Waals surface area contributed by atoms with Gasteiger partial charge in [-0.15, -0.1) is 11.3 Å². The molecule has 0 unspecified atom stereocenters. The van der Waals surface area contributed by atoms with Crippen molar-refractivity contribution in [3.63, 3.8) is 0 Å². The fraction of sp³-hybridized carbons (Fsp3) is 0.267. The van der Waals surface area contributed by atoms with Crippen LogP contribution in [-0.2, 0) is 4.74 Å². The number of anilines is 1. The molecule has 0 aliphatic rings. The Morgan fingerprint density at radius 3 is 2.70 bits per heavy atom. The van der Waals surface area contributed by atoms with Crippen LogP contribution < -0.4 is 5.73 Å². The maximum Gasteiger partial charge on any atom is 0.342 e. The summed E-state index contributed by atoms with van der Waals surface area (Å²) in [5.74, 6) is -0.787. The number of nitrogen functional groups attached to an aromatic ring is 1. The second-order valence-electron chi connectivity index (χ2n) is 4.81. The van der Waals surface area contributed by atoms with Gasteiger partial charge in [-0.25, -0.2) is 9.18 Å². The van der Waals surface area contributed by atoms with E-state index in [0.717, 1.165) is 0 Å². The molecule has 1 heterocycles. The fourth-order valence-electron chi connectivity index (χ4n) is 1.83. The van der Waals surface area contributed by atoms with E-state index in [1.807, 2.05) is 0 Å². The summed E-state index contributed by atoms with van der Waals surface area (Å²) in [5.41, 5.74) is 7.95. The number of carbonyl (C=O) groups excluding carboxylic acids is 1. The van der Waals surface area contributed by atoms with Crippen molar-refractivity contribution in [1.82, 2.24) is 0 Å². The molecule has 0 aliphatic carbocycles. The molecule has 0 fully saturated rings. The van der Waals surface area contributed by atoms with Crippen molar-refractivity contribution in [3.8, 4) is 11.1 Å². The van der Waals surface area contributed by atoms with Gasteiger partial charge in [0.1, 0.15) is 16.4 Å². The topological polar surface area (TPSA) is 52.3 Å². The summed E-state index contributed by atoms with van der Waals surface area (Å²) in [4.78, 5) is 12.1. The maximum atomic E-state index is 13.7. The van der Waals surface area contributed by atoms with Crippen LogP contribution in [0.4, 0.5) is 9.39 Å². The van der Waals surface area contributed by atoms with Crippen LogP contribution in [0.25, 0.3) is 11.1 Å². The van der Waals surface area contributed by atoms with Crippen molar-refractivity contribution in [2.45, 2.75) is 26.9 Å². The lowest BCUT2D eigenvalue weighted by Gasteiger charge is -2.10. The second kappa shape index (κ2) is 5.63. The van der Waals surface area contributed by atoms with Gasteiger partial charge in [-0.1, -0.05) is 12.1 Å². The van der Waals surface area contributed by atoms with Crippen LogP contribution in [0.5, 0.6) is 0 Å². The van der Waals surface area contributed by atoms with Gasteiger partial charge in [0.25, 0.3) is 0 Å². The molecule has 2 rings (SSSR count). The van der Waals surface area contributed by atoms with Crippen molar-refractivity contribution in [1.29, 1.82) is 0 Å². The van der Waals surface area contributed by atoms with Crippen LogP contribution in [0.2, 0.25) is 0 Å². The first-order valence-corrected chi connectivity index (χ1v) is 7.12. The number of hydrogen-bond donors (Lipinski definition) is 1. The first-order valence-electron chi connectivity index (χ1n) is 6.24. The number of thiophene rings is 1. The van der Waals surface area contributed by atoms with Gasteiger partial charge in [0.05, 0.1) is 6.10 Å². The lowest BCUT2D eigenvalue weighted by atomic mass is 10.0. The van der Waals surface area contributed by atoms with E-state index in [4.69, 9.17) is 10.5 Å². The highest BCUT2D eigenvalue weighted by molar-refractivity contribution is 7.14. The Bertz CT molecular complexity index is 649. The molecule has 0 aliphatic heterocycles. The number of ether oxygens (including phenoxy) is 1. The standard InChI is InChI=1S/C15H16FNO2S/c1-8(2)19-15(18)13-11(7-20-14(13)17)10-5-4-9(3)12(16)6-10/h4-8H,17H2,1-3H3. The Balaban J connectivity index is 2.47. The molecule has 5 heteroatoms. The highest BCUT2D eigenvalue weighted by Gasteiger charge is 2.21. The number of benzene rings is 1. The van der Waals surface area contributed by atoms with Gasteiger partial charge in [-0.3, -0.25) is 0 Å². The van der Waals surface area contributed by atoms with E-state index in [1.54, 1.807) is 38.3 Å². The Labute approximate surface area is 121 Å². The first kappa shape index (κ1) is 14.5. The zero-order valence-corrected chi connectivity index (χ0v) is 12.4. The average molecular weight is 293 g/mol. The van der Waals surface area contributed by atoms with Gasteiger partial charge in [0, 0.05) is 10.9 Å². The second-order valence-corrected chi connectivity index (χ2v) is 5.72. The van der Waals surface area contributed by atoms with Crippen LogP contribution in [0.15, 0.2) is 23.6 Å². The fourth-order valence-corrected chi connectivity index (χ4v) is 2.64. The summed E-state index contributed by atoms with van der Waals surface area (Å²) in [5, 5.41) is 2.13. The number of carbonyl (C=O) groups is 1. The third kappa shape index (κ3) is 2.82. The van der Waals surface area contributed by atoms with E-state index >= 15 is 0 Å². The molecule has 106 valence electrons. The molecule has 0 saturated carbocycles. The molecule has 0 amide bonds. The monoisotopic (exact) mass is 293 g/mol. The average Bonchev–Trinajstić information content (AvgIpc) is 2.74. The summed E-state index contributed by atoms with van der Waals surface area (Å²) >= 11 is 1.25. The molecular weight excluding hydrogens is 277 g/mol. The lowest BCUT2D eigenvalue weighted by molar-refractivity contribution is 0.0380. The summed E-state index contributed by atoms with van der Waals surface area (Å²) in [6, 6.07) is 4.85. The number of halogens is 1. The van der Waals surface area contributed by atoms with Gasteiger partial charge in [-0.05, 0) is 38.0 Å². The third-order valence-electron chi connectivity index (χ3n) is 2.85. The van der Waals surface area contributed by atoms with Gasteiger partial charge in [0.15, 0.2) is 0 Å². The summed E-state index contributed by atoms with van der Waals surface area (Å²) in [6.45, 7) is 5.23. The molecule has 0 spiro atoms. The summed E-state index contributed by atoms with van der Waals surface area (Å²) in [6.07, 6.45) is -0.232. The van der Waals surface area contributed by atoms with Crippen LogP contribution in [0.1, 0.15) is 29.8 Å². The number of nitrogens with two attached hydrogens (primary N) is 1. The van der Waals surface area contributed by atoms with E-state index in [9.17, 15) is 9.18 Å². The maximum absolute atomic E-state index is 13.7. The molecule has 0 atom stereocenters. The van der Waals surface area contributed by atoms with Gasteiger partial charge in [0.2, 0.25) is 0 Å². The normalized spacial score (nSPS) is 10.8. The molecule has 2 aromatic rings. The molecule has 0 radical (unpaired) electrons. The summed E-state index contributed by atoms with van der Waals surface area (Å²) < 4.78 is 18.9. The minimum atomic E-state index is -0.477. The zero-order chi connectivity index (χ0) is 14.9. The van der Waals surface area contributed by atoms with Crippen molar-refractivity contribution in [2.24, 2.45) is 0 Å². The largest absolute Gasteiger partial charge is 0.459 e. The van der Waals surface area contributed by atoms with E-state index in [0.29, 0.717) is 27.3 Å². The first-order chi connectivity index (χ1) is 9.40. The van der Waals surface area contributed by atoms with Crippen molar-refractivity contribution in [2.75, 3.05) is 5.73 Å². The molecule has 0 bridgehead atoms. The Kier molecular flexibility index (Phi) is 4.09. The predicted molar refractivity (Wildman–Crippen MR) is 79.4 cm³/mol. The molecule has 20 heavy (non-hydrogen) atoms. The van der Waals surface area contributed by atoms with Crippen molar-refractivity contribution < 1.29 is 13.9 Å². The Morgan fingerprint density at radius 2 is 2.10 bits per heavy atom. The quantitative estimate of drug-likeness (QED) is 0.870. The molecule has 1 aromatic heterocycles. The van der Waals surface area contributed by atoms with Crippen LogP contribution >= 0.6 is 11.3 Å². The number of hydrogen-bond acceptors (Lipinski definition) is 4. The van der Waals surface area contributed by atoms with Crippen molar-refractivity contribution in [3.05, 3.63) is 40.5 Å². The molecule has 0 saturated heterocycles. The van der Waals surface area contributed by atoms with Crippen LogP contribution in [0.3, 0.4) is 0 Å². The molecular formula is C15H16FNO2S. The molecule has 2 N–H and O–H groups in total. The number of rotatable bonds is 3. The number of esters is 1. The van der Waals surface area contributed by atoms with Crippen LogP contribution in [0, 0.1) is 12.7 Å². The highest BCUT2D eigenvalue weighted by atomic mass is 32.1. The van der Waals surface area contributed by atoms with E-state index in [1.165, 1.54) is 17.4 Å². The third-order valence-corrected chi connectivity index (χ3v) is 3.66. The van der Waals surface area contributed by atoms with E-state index in [2.05, 4.69) is 0 Å². The van der Waals surface area contributed by atoms with Crippen LogP contribution in [-0.4, -0.2) is 12.1 Å². The lowest BCUT2D eigenvalue weighted by Crippen LogP contribution is -2.13. The molecule has 1 aromatic carbocycles. The molecule has 3 nitrogen and oxygen atoms in total. The summed E-state index contributed by atoms with van der Waals surface area (Å²) in [7, 11) is 0. The van der Waals surface area contributed by atoms with Gasteiger partial charge >= 0.3 is 5.97 Å². The minimum absolute atomic E-state index is 0.232. The highest BCUT2D eigenvalue weighted by Crippen LogP contribution is 2.35. The number of aryl methyl sites for hydroxylation is 1. The Hall–Kier alpha value is -1.88. The Morgan fingerprint density at radius 1 is 1.40 bits per heavy atom. The SMILES string of the molecule is Cc1ccc(-c2csc(N)c2C(=O)OC(C)C)cc1F. The van der Waals surface area contributed by atoms with Crippen molar-refractivity contribution >= 4 is 22.3 Å². The minimum Gasteiger partial charge on any atom is -0.459 e. The predicted octanol–water partition coefficient (Wildman–Crippen LogP) is 4.01.